The van der Waals surface area contributed by atoms with Crippen LogP contribution in [0.4, 0.5) is 45.5 Å². The Labute approximate surface area is 429 Å². The molecule has 0 spiro atoms. The summed E-state index contributed by atoms with van der Waals surface area (Å²) in [6, 6.07) is 56.3. The molecule has 4 aliphatic rings. The molecule has 1 aliphatic carbocycles. The maximum absolute atomic E-state index is 7.05. The molecule has 0 radical (unpaired) electrons. The lowest BCUT2D eigenvalue weighted by Crippen LogP contribution is -2.62. The van der Waals surface area contributed by atoms with E-state index in [1.54, 1.807) is 0 Å². The van der Waals surface area contributed by atoms with Gasteiger partial charge in [0, 0.05) is 76.2 Å². The predicted molar refractivity (Wildman–Crippen MR) is 310 cm³/mol. The number of furan rings is 1. The number of nitrogens with zero attached hydrogens (tertiary/aromatic N) is 3. The van der Waals surface area contributed by atoms with Crippen molar-refractivity contribution in [2.24, 2.45) is 0 Å². The van der Waals surface area contributed by atoms with Crippen LogP contribution in [0.1, 0.15) is 109 Å². The van der Waals surface area contributed by atoms with Crippen LogP contribution in [0, 0.1) is 13.8 Å². The van der Waals surface area contributed by atoms with Gasteiger partial charge in [-0.1, -0.05) is 146 Å². The average Bonchev–Trinajstić information content (AvgIpc) is 3.98. The monoisotopic (exact) mass is 955 g/mol. The van der Waals surface area contributed by atoms with Crippen LogP contribution in [0.3, 0.4) is 0 Å². The van der Waals surface area contributed by atoms with Gasteiger partial charge in [-0.2, -0.15) is 0 Å². The van der Waals surface area contributed by atoms with Crippen LogP contribution < -0.4 is 31.1 Å². The molecule has 5 heterocycles. The van der Waals surface area contributed by atoms with Gasteiger partial charge < -0.3 is 19.1 Å². The summed E-state index contributed by atoms with van der Waals surface area (Å²) < 4.78 is 9.67. The molecule has 2 unspecified atom stereocenters. The normalized spacial score (nSPS) is 19.3. The fraction of sp³-hybridized carbons (Fsp3) is 0.273. The number of aryl methyl sites for hydroxylation is 2. The standard InChI is InChI=1S/C66H62BN3OS/c1-39-32-40(2)60-54(33-39)70(66(10)31-16-15-30-65(60,66)9)44-36-55-61-56(37-44)69(53-21-17-20-48-45-18-11-13-22-57(45)71-62(48)53)52-29-25-42(64(6,7)8)35-50(52)67(61)49-34-41(63(3,4)5)24-28-51(49)68(55)43-26-27-47-46-19-12-14-23-58(46)72-59(47)38-43/h11-14,17-29,32-38H,15-16,30-31H2,1-10H3. The fourth-order valence-electron chi connectivity index (χ4n) is 14.1. The van der Waals surface area contributed by atoms with Crippen molar-refractivity contribution < 1.29 is 4.42 Å². The van der Waals surface area contributed by atoms with E-state index < -0.39 is 0 Å². The topological polar surface area (TPSA) is 22.9 Å². The highest BCUT2D eigenvalue weighted by Crippen LogP contribution is 2.63. The third-order valence-corrected chi connectivity index (χ3v) is 18.9. The maximum Gasteiger partial charge on any atom is 0.252 e. The van der Waals surface area contributed by atoms with E-state index in [2.05, 4.69) is 230 Å². The smallest absolute Gasteiger partial charge is 0.252 e. The molecular formula is C66H62BN3OS. The second-order valence-corrected chi connectivity index (χ2v) is 25.3. The first-order valence-corrected chi connectivity index (χ1v) is 27.1. The fourth-order valence-corrected chi connectivity index (χ4v) is 15.3. The molecule has 10 aromatic rings. The zero-order chi connectivity index (χ0) is 49.4. The first-order chi connectivity index (χ1) is 34.5. The van der Waals surface area contributed by atoms with Gasteiger partial charge in [-0.05, 0) is 149 Å². The maximum atomic E-state index is 7.05. The van der Waals surface area contributed by atoms with E-state index in [9.17, 15) is 0 Å². The zero-order valence-corrected chi connectivity index (χ0v) is 44.2. The molecule has 0 amide bonds. The first kappa shape index (κ1) is 44.0. The summed E-state index contributed by atoms with van der Waals surface area (Å²) in [6.07, 6.45) is 4.75. The highest BCUT2D eigenvalue weighted by Gasteiger charge is 2.59. The van der Waals surface area contributed by atoms with E-state index in [1.165, 1.54) is 123 Å². The van der Waals surface area contributed by atoms with Crippen LogP contribution in [0.2, 0.25) is 0 Å². The lowest BCUT2D eigenvalue weighted by atomic mass is 9.33. The highest BCUT2D eigenvalue weighted by molar-refractivity contribution is 7.25. The molecule has 1 saturated carbocycles. The lowest BCUT2D eigenvalue weighted by Gasteiger charge is -2.51. The summed E-state index contributed by atoms with van der Waals surface area (Å²) in [5.74, 6) is 0. The summed E-state index contributed by atoms with van der Waals surface area (Å²) in [6.45, 7) is 23.9. The molecule has 1 fully saturated rings. The van der Waals surface area contributed by atoms with Gasteiger partial charge in [0.15, 0.2) is 5.58 Å². The van der Waals surface area contributed by atoms with Crippen molar-refractivity contribution in [1.82, 2.24) is 0 Å². The molecular weight excluding hydrogens is 894 g/mol. The third-order valence-electron chi connectivity index (χ3n) is 17.8. The number of para-hydroxylation sites is 2. The molecule has 8 aromatic carbocycles. The summed E-state index contributed by atoms with van der Waals surface area (Å²) in [5, 5.41) is 4.90. The Kier molecular flexibility index (Phi) is 9.11. The van der Waals surface area contributed by atoms with Gasteiger partial charge in [0.25, 0.3) is 6.71 Å². The quantitative estimate of drug-likeness (QED) is 0.165. The number of thiophene rings is 1. The Balaban J connectivity index is 1.14. The van der Waals surface area contributed by atoms with E-state index in [4.69, 9.17) is 4.42 Å². The summed E-state index contributed by atoms with van der Waals surface area (Å²) >= 11 is 1.90. The predicted octanol–water partition coefficient (Wildman–Crippen LogP) is 17.0. The van der Waals surface area contributed by atoms with Crippen LogP contribution in [0.15, 0.2) is 150 Å². The van der Waals surface area contributed by atoms with Crippen molar-refractivity contribution >= 4 is 122 Å². The first-order valence-electron chi connectivity index (χ1n) is 26.3. The van der Waals surface area contributed by atoms with Crippen molar-refractivity contribution in [3.05, 3.63) is 173 Å². The highest BCUT2D eigenvalue weighted by atomic mass is 32.1. The summed E-state index contributed by atoms with van der Waals surface area (Å²) in [7, 11) is 0. The third kappa shape index (κ3) is 5.99. The Morgan fingerprint density at radius 1 is 0.528 bits per heavy atom. The van der Waals surface area contributed by atoms with E-state index in [1.807, 2.05) is 11.3 Å². The molecule has 3 aliphatic heterocycles. The summed E-state index contributed by atoms with van der Waals surface area (Å²) in [5.41, 5.74) is 22.2. The van der Waals surface area contributed by atoms with Crippen LogP contribution in [0.25, 0.3) is 42.1 Å². The van der Waals surface area contributed by atoms with Gasteiger partial charge >= 0.3 is 0 Å². The van der Waals surface area contributed by atoms with E-state index in [0.717, 1.165) is 34.0 Å². The van der Waals surface area contributed by atoms with Crippen LogP contribution in [0.5, 0.6) is 0 Å². The average molecular weight is 956 g/mol. The lowest BCUT2D eigenvalue weighted by molar-refractivity contribution is 0.194. The van der Waals surface area contributed by atoms with Crippen LogP contribution >= 0.6 is 11.3 Å². The number of anilines is 8. The Morgan fingerprint density at radius 3 is 1.90 bits per heavy atom. The molecule has 0 saturated heterocycles. The number of rotatable bonds is 3. The van der Waals surface area contributed by atoms with Gasteiger partial charge in [-0.25, -0.2) is 0 Å². The van der Waals surface area contributed by atoms with Crippen molar-refractivity contribution in [2.45, 2.75) is 117 Å². The van der Waals surface area contributed by atoms with Gasteiger partial charge in [0.1, 0.15) is 5.58 Å². The molecule has 6 heteroatoms. The summed E-state index contributed by atoms with van der Waals surface area (Å²) in [4.78, 5) is 8.05. The molecule has 72 heavy (non-hydrogen) atoms. The molecule has 0 bridgehead atoms. The van der Waals surface area contributed by atoms with Gasteiger partial charge in [-0.15, -0.1) is 11.3 Å². The van der Waals surface area contributed by atoms with E-state index >= 15 is 0 Å². The second kappa shape index (κ2) is 14.9. The minimum atomic E-state index is -0.154. The number of hydrogen-bond donors (Lipinski definition) is 0. The molecule has 356 valence electrons. The van der Waals surface area contributed by atoms with Gasteiger partial charge in [-0.3, -0.25) is 0 Å². The van der Waals surface area contributed by atoms with Crippen molar-refractivity contribution in [3.63, 3.8) is 0 Å². The second-order valence-electron chi connectivity index (χ2n) is 24.2. The molecule has 2 atom stereocenters. The van der Waals surface area contributed by atoms with Crippen molar-refractivity contribution in [1.29, 1.82) is 0 Å². The van der Waals surface area contributed by atoms with Crippen LogP contribution in [-0.2, 0) is 16.2 Å². The number of fused-ring (bicyclic) bond motifs is 13. The molecule has 14 rings (SSSR count). The van der Waals surface area contributed by atoms with Crippen molar-refractivity contribution in [2.75, 3.05) is 14.7 Å². The SMILES string of the molecule is Cc1cc(C)c2c(c1)N(c1cc3c4c(c1)N(c1cccc5c1oc1ccccc15)c1ccc(C(C)(C)C)cc1B4c1cc(C(C)(C)C)ccc1N3c1ccc3c(c1)sc1ccccc13)C1(C)CCCCC21C. The van der Waals surface area contributed by atoms with Gasteiger partial charge in [0.2, 0.25) is 0 Å². The van der Waals surface area contributed by atoms with Gasteiger partial charge in [0.05, 0.1) is 11.2 Å². The van der Waals surface area contributed by atoms with Crippen LogP contribution in [-0.4, -0.2) is 12.3 Å². The number of hydrogen-bond acceptors (Lipinski definition) is 5. The zero-order valence-electron chi connectivity index (χ0n) is 43.4. The minimum Gasteiger partial charge on any atom is -0.454 e. The van der Waals surface area contributed by atoms with Crippen molar-refractivity contribution in [3.8, 4) is 0 Å². The Bertz CT molecular complexity index is 3960. The largest absolute Gasteiger partial charge is 0.454 e. The Morgan fingerprint density at radius 2 is 1.17 bits per heavy atom. The molecule has 0 N–H and O–H groups in total. The Hall–Kier alpha value is -6.76. The molecule has 2 aromatic heterocycles. The van der Waals surface area contributed by atoms with E-state index in [-0.39, 0.29) is 28.5 Å². The minimum absolute atomic E-state index is 0.0224. The van der Waals surface area contributed by atoms with E-state index in [0.29, 0.717) is 0 Å². The molecule has 4 nitrogen and oxygen atoms in total. The number of benzene rings is 8.